The van der Waals surface area contributed by atoms with Gasteiger partial charge in [0.2, 0.25) is 5.91 Å². The van der Waals surface area contributed by atoms with Gasteiger partial charge in [0, 0.05) is 55.2 Å². The van der Waals surface area contributed by atoms with Crippen molar-refractivity contribution in [1.29, 1.82) is 0 Å². The molecule has 0 bridgehead atoms. The SMILES string of the molecule is C=C1CCC(N2Cc3c(OCc4ccc(CN5CCN(c6ccc(F)cc6)CC5)cc4)cccc3C2=O)C(=O)N1. The predicted octanol–water partition coefficient (Wildman–Crippen LogP) is 4.48. The van der Waals surface area contributed by atoms with Gasteiger partial charge in [0.25, 0.3) is 5.91 Å². The lowest BCUT2D eigenvalue weighted by atomic mass is 10.0. The van der Waals surface area contributed by atoms with Crippen LogP contribution in [0.5, 0.6) is 5.75 Å². The fraction of sp³-hybridized carbons (Fsp3) is 0.312. The molecular weight excluding hydrogens is 507 g/mol. The van der Waals surface area contributed by atoms with Crippen LogP contribution in [0.15, 0.2) is 79.0 Å². The van der Waals surface area contributed by atoms with Crippen molar-refractivity contribution in [3.8, 4) is 5.75 Å². The van der Waals surface area contributed by atoms with Crippen molar-refractivity contribution in [2.24, 2.45) is 0 Å². The molecule has 6 rings (SSSR count). The molecule has 1 unspecified atom stereocenters. The first-order valence-electron chi connectivity index (χ1n) is 13.8. The first-order valence-corrected chi connectivity index (χ1v) is 13.8. The minimum atomic E-state index is -0.489. The number of hydrogen-bond acceptors (Lipinski definition) is 5. The van der Waals surface area contributed by atoms with E-state index in [0.717, 1.165) is 49.5 Å². The number of fused-ring (bicyclic) bond motifs is 1. The second-order valence-corrected chi connectivity index (χ2v) is 10.7. The lowest BCUT2D eigenvalue weighted by Gasteiger charge is -2.36. The van der Waals surface area contributed by atoms with E-state index < -0.39 is 6.04 Å². The van der Waals surface area contributed by atoms with Crippen LogP contribution < -0.4 is 15.0 Å². The van der Waals surface area contributed by atoms with Crippen LogP contribution in [0.2, 0.25) is 0 Å². The minimum absolute atomic E-state index is 0.129. The number of rotatable bonds is 7. The smallest absolute Gasteiger partial charge is 0.255 e. The molecule has 2 saturated heterocycles. The molecule has 8 heteroatoms. The second kappa shape index (κ2) is 11.1. The van der Waals surface area contributed by atoms with Crippen LogP contribution in [0, 0.1) is 5.82 Å². The van der Waals surface area contributed by atoms with Gasteiger partial charge in [-0.1, -0.05) is 36.9 Å². The molecular formula is C32H33FN4O3. The Kier molecular flexibility index (Phi) is 7.26. The van der Waals surface area contributed by atoms with E-state index in [4.69, 9.17) is 4.74 Å². The standard InChI is InChI=1S/C32H33FN4O3/c1-22-5-14-29(31(38)34-22)37-20-28-27(32(37)39)3-2-4-30(28)40-21-24-8-6-23(7-9-24)19-35-15-17-36(18-16-35)26-12-10-25(33)11-13-26/h2-4,6-13,29H,1,5,14-21H2,(H,34,38). The molecule has 2 amide bonds. The zero-order chi connectivity index (χ0) is 27.6. The molecule has 0 aromatic heterocycles. The maximum Gasteiger partial charge on any atom is 0.255 e. The summed E-state index contributed by atoms with van der Waals surface area (Å²) in [5.74, 6) is 0.172. The van der Waals surface area contributed by atoms with Crippen LogP contribution in [0.1, 0.15) is 39.9 Å². The maximum atomic E-state index is 13.2. The van der Waals surface area contributed by atoms with E-state index in [9.17, 15) is 14.0 Å². The number of hydrogen-bond donors (Lipinski definition) is 1. The topological polar surface area (TPSA) is 65.1 Å². The molecule has 0 radical (unpaired) electrons. The summed E-state index contributed by atoms with van der Waals surface area (Å²) >= 11 is 0. The first-order chi connectivity index (χ1) is 19.4. The fourth-order valence-corrected chi connectivity index (χ4v) is 5.75. The molecule has 0 spiro atoms. The summed E-state index contributed by atoms with van der Waals surface area (Å²) < 4.78 is 19.4. The van der Waals surface area contributed by atoms with Crippen molar-refractivity contribution in [2.75, 3.05) is 31.1 Å². The van der Waals surface area contributed by atoms with Gasteiger partial charge in [0.1, 0.15) is 24.2 Å². The molecule has 40 heavy (non-hydrogen) atoms. The highest BCUT2D eigenvalue weighted by atomic mass is 19.1. The fourth-order valence-electron chi connectivity index (χ4n) is 5.75. The van der Waals surface area contributed by atoms with Gasteiger partial charge in [-0.05, 0) is 60.4 Å². The van der Waals surface area contributed by atoms with Crippen LogP contribution in [0.25, 0.3) is 0 Å². The molecule has 1 atom stereocenters. The summed E-state index contributed by atoms with van der Waals surface area (Å²) in [5.41, 5.74) is 5.50. The molecule has 3 aliphatic heterocycles. The number of piperazine rings is 1. The summed E-state index contributed by atoms with van der Waals surface area (Å²) in [6, 6.07) is 20.2. The van der Waals surface area contributed by atoms with Crippen molar-refractivity contribution in [1.82, 2.24) is 15.1 Å². The Bertz CT molecular complexity index is 1420. The zero-order valence-corrected chi connectivity index (χ0v) is 22.4. The maximum absolute atomic E-state index is 13.2. The summed E-state index contributed by atoms with van der Waals surface area (Å²) in [6.45, 7) is 9.21. The van der Waals surface area contributed by atoms with Crippen molar-refractivity contribution in [3.05, 3.63) is 107 Å². The predicted molar refractivity (Wildman–Crippen MR) is 151 cm³/mol. The molecule has 3 aliphatic rings. The Morgan fingerprint density at radius 1 is 0.925 bits per heavy atom. The highest BCUT2D eigenvalue weighted by Gasteiger charge is 2.39. The van der Waals surface area contributed by atoms with E-state index in [1.54, 1.807) is 11.0 Å². The molecule has 7 nitrogen and oxygen atoms in total. The number of nitrogens with zero attached hydrogens (tertiary/aromatic N) is 3. The molecule has 3 aromatic rings. The largest absolute Gasteiger partial charge is 0.489 e. The van der Waals surface area contributed by atoms with Gasteiger partial charge in [-0.15, -0.1) is 0 Å². The second-order valence-electron chi connectivity index (χ2n) is 10.7. The van der Waals surface area contributed by atoms with E-state index in [2.05, 4.69) is 46.0 Å². The van der Waals surface area contributed by atoms with Crippen LogP contribution in [-0.4, -0.2) is 53.8 Å². The number of ether oxygens (including phenoxy) is 1. The lowest BCUT2D eigenvalue weighted by molar-refractivity contribution is -0.126. The number of nitrogens with one attached hydrogen (secondary N) is 1. The average molecular weight is 541 g/mol. The molecule has 0 aliphatic carbocycles. The molecule has 3 heterocycles. The third kappa shape index (κ3) is 5.45. The Balaban J connectivity index is 1.03. The van der Waals surface area contributed by atoms with E-state index in [-0.39, 0.29) is 17.6 Å². The highest BCUT2D eigenvalue weighted by molar-refractivity contribution is 6.02. The van der Waals surface area contributed by atoms with E-state index >= 15 is 0 Å². The number of anilines is 1. The van der Waals surface area contributed by atoms with Crippen molar-refractivity contribution in [2.45, 2.75) is 38.6 Å². The number of carbonyl (C=O) groups is 2. The van der Waals surface area contributed by atoms with Crippen molar-refractivity contribution >= 4 is 17.5 Å². The normalized spacial score (nSPS) is 19.5. The van der Waals surface area contributed by atoms with Crippen molar-refractivity contribution in [3.63, 3.8) is 0 Å². The Morgan fingerprint density at radius 3 is 2.38 bits per heavy atom. The van der Waals surface area contributed by atoms with E-state index in [0.29, 0.717) is 43.0 Å². The van der Waals surface area contributed by atoms with Gasteiger partial charge in [0.15, 0.2) is 0 Å². The first kappa shape index (κ1) is 26.1. The van der Waals surface area contributed by atoms with Gasteiger partial charge in [-0.25, -0.2) is 4.39 Å². The summed E-state index contributed by atoms with van der Waals surface area (Å²) in [7, 11) is 0. The van der Waals surface area contributed by atoms with Crippen LogP contribution >= 0.6 is 0 Å². The third-order valence-corrected chi connectivity index (χ3v) is 8.04. The average Bonchev–Trinajstić information content (AvgIpc) is 3.30. The molecule has 2 fully saturated rings. The van der Waals surface area contributed by atoms with Crippen LogP contribution in [-0.2, 0) is 24.5 Å². The number of carbonyl (C=O) groups excluding carboxylic acids is 2. The molecule has 0 saturated carbocycles. The van der Waals surface area contributed by atoms with Gasteiger partial charge in [-0.3, -0.25) is 14.5 Å². The van der Waals surface area contributed by atoms with Crippen LogP contribution in [0.4, 0.5) is 10.1 Å². The summed E-state index contributed by atoms with van der Waals surface area (Å²) in [6.07, 6.45) is 1.25. The Labute approximate surface area is 233 Å². The summed E-state index contributed by atoms with van der Waals surface area (Å²) in [4.78, 5) is 32.0. The van der Waals surface area contributed by atoms with Crippen molar-refractivity contribution < 1.29 is 18.7 Å². The third-order valence-electron chi connectivity index (χ3n) is 8.04. The van der Waals surface area contributed by atoms with Gasteiger partial charge < -0.3 is 19.9 Å². The zero-order valence-electron chi connectivity index (χ0n) is 22.4. The van der Waals surface area contributed by atoms with Gasteiger partial charge >= 0.3 is 0 Å². The quantitative estimate of drug-likeness (QED) is 0.479. The Hall–Kier alpha value is -4.17. The minimum Gasteiger partial charge on any atom is -0.489 e. The van der Waals surface area contributed by atoms with Gasteiger partial charge in [-0.2, -0.15) is 0 Å². The van der Waals surface area contributed by atoms with Gasteiger partial charge in [0.05, 0.1) is 6.54 Å². The molecule has 1 N–H and O–H groups in total. The lowest BCUT2D eigenvalue weighted by Crippen LogP contribution is -2.49. The molecule has 3 aromatic carbocycles. The Morgan fingerprint density at radius 2 is 1.65 bits per heavy atom. The number of halogens is 1. The number of allylic oxidation sites excluding steroid dienone is 1. The number of piperidine rings is 1. The molecule has 206 valence electrons. The highest BCUT2D eigenvalue weighted by Crippen LogP contribution is 2.34. The number of amides is 2. The monoisotopic (exact) mass is 540 g/mol. The van der Waals surface area contributed by atoms with E-state index in [1.165, 1.54) is 17.7 Å². The summed E-state index contributed by atoms with van der Waals surface area (Å²) in [5, 5.41) is 2.78. The van der Waals surface area contributed by atoms with Crippen LogP contribution in [0.3, 0.4) is 0 Å². The van der Waals surface area contributed by atoms with E-state index in [1.807, 2.05) is 24.3 Å². The number of benzene rings is 3.